The van der Waals surface area contributed by atoms with Crippen molar-refractivity contribution in [2.45, 2.75) is 25.2 Å². The Morgan fingerprint density at radius 3 is 2.92 bits per heavy atom. The van der Waals surface area contributed by atoms with Gasteiger partial charge in [0, 0.05) is 37.3 Å². The van der Waals surface area contributed by atoms with Gasteiger partial charge in [0.15, 0.2) is 11.5 Å². The zero-order valence-electron chi connectivity index (χ0n) is 13.8. The quantitative estimate of drug-likeness (QED) is 0.701. The Balaban J connectivity index is 1.28. The second-order valence-corrected chi connectivity index (χ2v) is 6.75. The molecule has 4 heterocycles. The van der Waals surface area contributed by atoms with E-state index in [4.69, 9.17) is 9.84 Å². The number of rotatable bonds is 5. The summed E-state index contributed by atoms with van der Waals surface area (Å²) in [6, 6.07) is 4.04. The van der Waals surface area contributed by atoms with Crippen molar-refractivity contribution in [3.63, 3.8) is 0 Å². The summed E-state index contributed by atoms with van der Waals surface area (Å²) < 4.78 is 7.66. The van der Waals surface area contributed by atoms with Gasteiger partial charge in [-0.1, -0.05) is 0 Å². The van der Waals surface area contributed by atoms with Crippen LogP contribution in [0, 0.1) is 5.92 Å². The van der Waals surface area contributed by atoms with Gasteiger partial charge in [0.2, 0.25) is 5.88 Å². The third-order valence-electron chi connectivity index (χ3n) is 4.83. The summed E-state index contributed by atoms with van der Waals surface area (Å²) in [6.07, 6.45) is 8.40. The van der Waals surface area contributed by atoms with Gasteiger partial charge in [-0.05, 0) is 31.4 Å². The fourth-order valence-electron chi connectivity index (χ4n) is 3.30. The first-order chi connectivity index (χ1) is 12.4. The van der Waals surface area contributed by atoms with Crippen LogP contribution in [0.3, 0.4) is 0 Å². The third kappa shape index (κ3) is 2.88. The average molecular weight is 337 g/mol. The van der Waals surface area contributed by atoms with Crippen molar-refractivity contribution in [2.24, 2.45) is 5.92 Å². The third-order valence-corrected chi connectivity index (χ3v) is 4.83. The highest BCUT2D eigenvalue weighted by molar-refractivity contribution is 5.46. The van der Waals surface area contributed by atoms with Crippen LogP contribution in [0.15, 0.2) is 30.7 Å². The monoisotopic (exact) mass is 337 g/mol. The molecule has 25 heavy (non-hydrogen) atoms. The molecule has 1 saturated carbocycles. The van der Waals surface area contributed by atoms with E-state index in [1.165, 1.54) is 12.8 Å². The van der Waals surface area contributed by atoms with E-state index in [9.17, 15) is 0 Å². The van der Waals surface area contributed by atoms with Gasteiger partial charge < -0.3 is 9.64 Å². The molecule has 0 amide bonds. The molecule has 1 atom stereocenters. The molecule has 0 N–H and O–H groups in total. The number of aromatic nitrogens is 6. The predicted octanol–water partition coefficient (Wildman–Crippen LogP) is 1.70. The van der Waals surface area contributed by atoms with E-state index in [0.717, 1.165) is 36.8 Å². The van der Waals surface area contributed by atoms with Crippen molar-refractivity contribution in [3.05, 3.63) is 36.5 Å². The molecule has 5 rings (SSSR count). The first kappa shape index (κ1) is 14.6. The number of ether oxygens (including phenoxy) is 1. The molecule has 1 saturated heterocycles. The van der Waals surface area contributed by atoms with Crippen molar-refractivity contribution in [1.29, 1.82) is 0 Å². The highest BCUT2D eigenvalue weighted by Crippen LogP contribution is 2.38. The summed E-state index contributed by atoms with van der Waals surface area (Å²) >= 11 is 0. The molecule has 2 aliphatic rings. The maximum atomic E-state index is 5.74. The average Bonchev–Trinajstić information content (AvgIpc) is 3.24. The molecule has 1 aliphatic heterocycles. The van der Waals surface area contributed by atoms with Gasteiger partial charge in [-0.25, -0.2) is 4.98 Å². The molecular formula is C17H19N7O. The first-order valence-electron chi connectivity index (χ1n) is 8.73. The summed E-state index contributed by atoms with van der Waals surface area (Å²) in [5.74, 6) is 3.56. The Morgan fingerprint density at radius 1 is 1.12 bits per heavy atom. The molecule has 128 valence electrons. The smallest absolute Gasteiger partial charge is 0.232 e. The van der Waals surface area contributed by atoms with Crippen molar-refractivity contribution in [2.75, 3.05) is 24.6 Å². The SMILES string of the molecule is c1cnc(OCC2CCN(c3ccc4nnc(C5CC5)n4n3)C2)cn1. The van der Waals surface area contributed by atoms with Gasteiger partial charge in [0.05, 0.1) is 12.8 Å². The van der Waals surface area contributed by atoms with Crippen molar-refractivity contribution < 1.29 is 4.74 Å². The largest absolute Gasteiger partial charge is 0.476 e. The molecule has 8 nitrogen and oxygen atoms in total. The van der Waals surface area contributed by atoms with E-state index in [0.29, 0.717) is 24.3 Å². The summed E-state index contributed by atoms with van der Waals surface area (Å²) in [5.41, 5.74) is 0.826. The lowest BCUT2D eigenvalue weighted by Crippen LogP contribution is -2.23. The molecule has 0 bridgehead atoms. The van der Waals surface area contributed by atoms with Crippen LogP contribution in [0.2, 0.25) is 0 Å². The van der Waals surface area contributed by atoms with Gasteiger partial charge in [-0.3, -0.25) is 4.98 Å². The summed E-state index contributed by atoms with van der Waals surface area (Å²) in [7, 11) is 0. The summed E-state index contributed by atoms with van der Waals surface area (Å²) in [5, 5.41) is 13.3. The second-order valence-electron chi connectivity index (χ2n) is 6.75. The minimum absolute atomic E-state index is 0.461. The minimum atomic E-state index is 0.461. The predicted molar refractivity (Wildman–Crippen MR) is 90.6 cm³/mol. The molecule has 3 aromatic heterocycles. The molecule has 0 aromatic carbocycles. The number of anilines is 1. The Hall–Kier alpha value is -2.77. The molecule has 0 radical (unpaired) electrons. The van der Waals surface area contributed by atoms with Crippen LogP contribution in [-0.2, 0) is 0 Å². The van der Waals surface area contributed by atoms with Gasteiger partial charge in [0.1, 0.15) is 5.82 Å². The first-order valence-corrected chi connectivity index (χ1v) is 8.73. The van der Waals surface area contributed by atoms with E-state index in [-0.39, 0.29) is 0 Å². The van der Waals surface area contributed by atoms with Crippen molar-refractivity contribution in [3.8, 4) is 5.88 Å². The summed E-state index contributed by atoms with van der Waals surface area (Å²) in [4.78, 5) is 10.5. The number of hydrogen-bond acceptors (Lipinski definition) is 7. The molecule has 8 heteroatoms. The summed E-state index contributed by atoms with van der Waals surface area (Å²) in [6.45, 7) is 2.56. The van der Waals surface area contributed by atoms with Gasteiger partial charge >= 0.3 is 0 Å². The lowest BCUT2D eigenvalue weighted by atomic mass is 10.1. The highest BCUT2D eigenvalue weighted by atomic mass is 16.5. The maximum absolute atomic E-state index is 5.74. The zero-order chi connectivity index (χ0) is 16.6. The lowest BCUT2D eigenvalue weighted by molar-refractivity contribution is 0.251. The number of hydrogen-bond donors (Lipinski definition) is 0. The zero-order valence-corrected chi connectivity index (χ0v) is 13.8. The van der Waals surface area contributed by atoms with Crippen LogP contribution < -0.4 is 9.64 Å². The van der Waals surface area contributed by atoms with Crippen LogP contribution in [0.1, 0.15) is 31.0 Å². The van der Waals surface area contributed by atoms with E-state index in [1.807, 2.05) is 16.6 Å². The lowest BCUT2D eigenvalue weighted by Gasteiger charge is -2.17. The molecule has 1 aliphatic carbocycles. The van der Waals surface area contributed by atoms with Crippen LogP contribution >= 0.6 is 0 Å². The normalized spacial score (nSPS) is 20.3. The van der Waals surface area contributed by atoms with Crippen molar-refractivity contribution >= 4 is 11.5 Å². The van der Waals surface area contributed by atoms with Crippen molar-refractivity contribution in [1.82, 2.24) is 29.8 Å². The van der Waals surface area contributed by atoms with E-state index < -0.39 is 0 Å². The molecule has 1 unspecified atom stereocenters. The molecule has 3 aromatic rings. The van der Waals surface area contributed by atoms with E-state index in [2.05, 4.69) is 25.1 Å². The fourth-order valence-corrected chi connectivity index (χ4v) is 3.30. The molecule has 0 spiro atoms. The Labute approximate surface area is 144 Å². The number of nitrogens with zero attached hydrogens (tertiary/aromatic N) is 7. The van der Waals surface area contributed by atoms with Crippen LogP contribution in [0.4, 0.5) is 5.82 Å². The fraction of sp³-hybridized carbons (Fsp3) is 0.471. The maximum Gasteiger partial charge on any atom is 0.232 e. The van der Waals surface area contributed by atoms with E-state index >= 15 is 0 Å². The topological polar surface area (TPSA) is 81.3 Å². The van der Waals surface area contributed by atoms with E-state index in [1.54, 1.807) is 18.6 Å². The van der Waals surface area contributed by atoms with Crippen LogP contribution in [-0.4, -0.2) is 49.5 Å². The highest BCUT2D eigenvalue weighted by Gasteiger charge is 2.30. The second kappa shape index (κ2) is 5.94. The molecular weight excluding hydrogens is 318 g/mol. The van der Waals surface area contributed by atoms with Gasteiger partial charge in [-0.2, -0.15) is 4.52 Å². The number of fused-ring (bicyclic) bond motifs is 1. The Bertz CT molecular complexity index is 877. The van der Waals surface area contributed by atoms with Crippen LogP contribution in [0.5, 0.6) is 5.88 Å². The van der Waals surface area contributed by atoms with Crippen LogP contribution in [0.25, 0.3) is 5.65 Å². The minimum Gasteiger partial charge on any atom is -0.476 e. The Morgan fingerprint density at radius 2 is 2.08 bits per heavy atom. The Kier molecular flexibility index (Phi) is 3.46. The van der Waals surface area contributed by atoms with Gasteiger partial charge in [-0.15, -0.1) is 15.3 Å². The van der Waals surface area contributed by atoms with Gasteiger partial charge in [0.25, 0.3) is 0 Å². The standard InChI is InChI=1S/C17H19N7O/c1-2-13(1)17-21-20-14-3-4-15(22-24(14)17)23-8-5-12(10-23)11-25-16-9-18-6-7-19-16/h3-4,6-7,9,12-13H,1-2,5,8,10-11H2. The molecule has 2 fully saturated rings.